The van der Waals surface area contributed by atoms with Crippen molar-refractivity contribution < 1.29 is 27.4 Å². The first kappa shape index (κ1) is 28.9. The number of amides is 1. The summed E-state index contributed by atoms with van der Waals surface area (Å²) >= 11 is -0.968. The Bertz CT molecular complexity index is 1000. The van der Waals surface area contributed by atoms with Crippen LogP contribution >= 0.6 is 11.3 Å². The van der Waals surface area contributed by atoms with Gasteiger partial charge in [0, 0.05) is 5.38 Å². The van der Waals surface area contributed by atoms with Gasteiger partial charge in [0.2, 0.25) is 5.91 Å². The van der Waals surface area contributed by atoms with Crippen molar-refractivity contribution in [2.45, 2.75) is 72.4 Å². The Hall–Kier alpha value is -2.34. The zero-order valence-electron chi connectivity index (χ0n) is 21.0. The van der Waals surface area contributed by atoms with E-state index < -0.39 is 34.9 Å². The van der Waals surface area contributed by atoms with Gasteiger partial charge in [-0.3, -0.25) is 14.1 Å². The van der Waals surface area contributed by atoms with Crippen molar-refractivity contribution in [3.05, 3.63) is 45.9 Å². The summed E-state index contributed by atoms with van der Waals surface area (Å²) in [6, 6.07) is 6.59. The van der Waals surface area contributed by atoms with Crippen molar-refractivity contribution in [2.24, 2.45) is 11.8 Å². The highest BCUT2D eigenvalue weighted by molar-refractivity contribution is 7.74. The number of rotatable bonds is 12. The largest absolute Gasteiger partial charge is 0.459 e. The Morgan fingerprint density at radius 2 is 1.86 bits per heavy atom. The first-order chi connectivity index (χ1) is 16.4. The van der Waals surface area contributed by atoms with E-state index in [1.807, 2.05) is 38.3 Å². The Kier molecular flexibility index (Phi) is 10.8. The third-order valence-corrected chi connectivity index (χ3v) is 6.12. The number of nitrogens with one attached hydrogen (secondary N) is 2. The second kappa shape index (κ2) is 13.1. The first-order valence-electron chi connectivity index (χ1n) is 11.5. The monoisotopic (exact) mass is 525 g/mol. The molecule has 0 saturated heterocycles. The maximum atomic E-state index is 13.3. The second-order valence-electron chi connectivity index (χ2n) is 9.61. The number of thiazole rings is 1. The highest BCUT2D eigenvalue weighted by Gasteiger charge is 2.33. The molecule has 3 N–H and O–H groups in total. The summed E-state index contributed by atoms with van der Waals surface area (Å²) in [4.78, 5) is 30.9. The number of benzene rings is 1. The van der Waals surface area contributed by atoms with Gasteiger partial charge in [0.25, 0.3) is 0 Å². The van der Waals surface area contributed by atoms with Crippen LogP contribution in [0.2, 0.25) is 0 Å². The standard InChI is InChI=1S/C24H35N3O6S2/c1-7-17-14-34-22(25-17)20(13-16-8-10-18(11-9-16)27-33-35(30)31)26-21(28)19(12-15(2)3)23(29)32-24(4,5)6/h8-11,14-15,19-20,27H,7,12-13H2,1-6H3,(H,26,28)(H,30,31)/t19-,20-/m0/s1. The molecule has 1 unspecified atom stereocenters. The number of nitrogens with zero attached hydrogens (tertiary/aromatic N) is 1. The molecule has 1 aromatic carbocycles. The Labute approximate surface area is 213 Å². The van der Waals surface area contributed by atoms with E-state index in [0.29, 0.717) is 18.5 Å². The number of hydrogen-bond donors (Lipinski definition) is 3. The molecule has 0 fully saturated rings. The van der Waals surface area contributed by atoms with Gasteiger partial charge in [0.15, 0.2) is 0 Å². The average molecular weight is 526 g/mol. The van der Waals surface area contributed by atoms with Crippen molar-refractivity contribution in [1.29, 1.82) is 0 Å². The topological polar surface area (TPSA) is 127 Å². The van der Waals surface area contributed by atoms with Gasteiger partial charge in [-0.1, -0.05) is 32.9 Å². The molecule has 3 atom stereocenters. The quantitative estimate of drug-likeness (QED) is 0.159. The second-order valence-corrected chi connectivity index (χ2v) is 11.1. The number of aromatic nitrogens is 1. The predicted molar refractivity (Wildman–Crippen MR) is 137 cm³/mol. The highest BCUT2D eigenvalue weighted by Crippen LogP contribution is 2.26. The Balaban J connectivity index is 2.25. The lowest BCUT2D eigenvalue weighted by atomic mass is 9.95. The van der Waals surface area contributed by atoms with Gasteiger partial charge in [-0.05, 0) is 63.6 Å². The number of esters is 1. The van der Waals surface area contributed by atoms with E-state index in [1.54, 1.807) is 32.9 Å². The van der Waals surface area contributed by atoms with Gasteiger partial charge >= 0.3 is 17.3 Å². The van der Waals surface area contributed by atoms with Crippen LogP contribution in [-0.4, -0.2) is 31.2 Å². The molecule has 1 amide bonds. The summed E-state index contributed by atoms with van der Waals surface area (Å²) in [6.45, 7) is 11.3. The summed E-state index contributed by atoms with van der Waals surface area (Å²) in [7, 11) is 0. The van der Waals surface area contributed by atoms with Crippen LogP contribution in [0.3, 0.4) is 0 Å². The van der Waals surface area contributed by atoms with Crippen molar-refractivity contribution in [3.63, 3.8) is 0 Å². The van der Waals surface area contributed by atoms with E-state index in [4.69, 9.17) is 9.29 Å². The van der Waals surface area contributed by atoms with E-state index >= 15 is 0 Å². The van der Waals surface area contributed by atoms with Crippen LogP contribution in [0.1, 0.15) is 70.3 Å². The third-order valence-electron chi connectivity index (χ3n) is 4.89. The molecule has 0 bridgehead atoms. The van der Waals surface area contributed by atoms with E-state index in [9.17, 15) is 13.8 Å². The van der Waals surface area contributed by atoms with Gasteiger partial charge < -0.3 is 10.1 Å². The Morgan fingerprint density at radius 1 is 1.20 bits per heavy atom. The molecule has 35 heavy (non-hydrogen) atoms. The zero-order valence-corrected chi connectivity index (χ0v) is 22.6. The molecular formula is C24H35N3O6S2. The average Bonchev–Trinajstić information content (AvgIpc) is 3.24. The molecule has 11 heteroatoms. The van der Waals surface area contributed by atoms with Gasteiger partial charge in [-0.25, -0.2) is 10.5 Å². The van der Waals surface area contributed by atoms with Crippen molar-refractivity contribution in [3.8, 4) is 0 Å². The number of anilines is 1. The van der Waals surface area contributed by atoms with Gasteiger partial charge in [0.05, 0.1) is 17.4 Å². The van der Waals surface area contributed by atoms with Crippen LogP contribution in [0.4, 0.5) is 5.69 Å². The molecule has 0 spiro atoms. The number of carbonyl (C=O) groups is 2. The SMILES string of the molecule is CCc1csc([C@H](Cc2ccc(NOS(=O)O)cc2)NC(=O)[C@H](CC(C)C)C(=O)OC(C)(C)C)n1. The van der Waals surface area contributed by atoms with Crippen LogP contribution < -0.4 is 10.8 Å². The van der Waals surface area contributed by atoms with Gasteiger partial charge in [-0.2, -0.15) is 4.21 Å². The lowest BCUT2D eigenvalue weighted by Crippen LogP contribution is -2.41. The zero-order chi connectivity index (χ0) is 26.2. The fourth-order valence-corrected chi connectivity index (χ4v) is 4.42. The molecule has 1 heterocycles. The maximum absolute atomic E-state index is 13.3. The molecule has 9 nitrogen and oxygen atoms in total. The first-order valence-corrected chi connectivity index (χ1v) is 13.4. The minimum absolute atomic E-state index is 0.124. The molecule has 0 radical (unpaired) electrons. The summed E-state index contributed by atoms with van der Waals surface area (Å²) in [5.74, 6) is -1.72. The summed E-state index contributed by atoms with van der Waals surface area (Å²) in [6.07, 6.45) is 1.59. The predicted octanol–water partition coefficient (Wildman–Crippen LogP) is 4.59. The van der Waals surface area contributed by atoms with Gasteiger partial charge in [-0.15, -0.1) is 15.6 Å². The normalized spacial score (nSPS) is 14.3. The van der Waals surface area contributed by atoms with Crippen molar-refractivity contribution >= 4 is 40.3 Å². The summed E-state index contributed by atoms with van der Waals surface area (Å²) in [5, 5.41) is 5.76. The maximum Gasteiger partial charge on any atom is 0.324 e. The molecule has 194 valence electrons. The minimum atomic E-state index is -2.43. The number of hydrogen-bond acceptors (Lipinski definition) is 8. The number of aryl methyl sites for hydroxylation is 1. The molecule has 1 aromatic heterocycles. The van der Waals surface area contributed by atoms with Crippen LogP contribution in [-0.2, 0) is 42.8 Å². The fraction of sp³-hybridized carbons (Fsp3) is 0.542. The lowest BCUT2D eigenvalue weighted by Gasteiger charge is -2.26. The summed E-state index contributed by atoms with van der Waals surface area (Å²) in [5.41, 5.74) is 4.02. The molecule has 0 aliphatic heterocycles. The van der Waals surface area contributed by atoms with Crippen LogP contribution in [0, 0.1) is 11.8 Å². The van der Waals surface area contributed by atoms with Crippen LogP contribution in [0.15, 0.2) is 29.6 Å². The third kappa shape index (κ3) is 10.0. The van der Waals surface area contributed by atoms with E-state index in [1.165, 1.54) is 11.3 Å². The molecule has 0 aliphatic carbocycles. The van der Waals surface area contributed by atoms with Crippen molar-refractivity contribution in [2.75, 3.05) is 5.48 Å². The van der Waals surface area contributed by atoms with Crippen LogP contribution in [0.25, 0.3) is 0 Å². The number of ether oxygens (including phenoxy) is 1. The van der Waals surface area contributed by atoms with E-state index in [0.717, 1.165) is 22.7 Å². The number of carbonyl (C=O) groups excluding carboxylic acids is 2. The fourth-order valence-electron chi connectivity index (χ4n) is 3.30. The van der Waals surface area contributed by atoms with Crippen LogP contribution in [0.5, 0.6) is 0 Å². The molecule has 0 aliphatic rings. The smallest absolute Gasteiger partial charge is 0.324 e. The summed E-state index contributed by atoms with van der Waals surface area (Å²) < 4.78 is 29.4. The highest BCUT2D eigenvalue weighted by atomic mass is 32.2. The van der Waals surface area contributed by atoms with E-state index in [2.05, 4.69) is 20.1 Å². The van der Waals surface area contributed by atoms with Crippen molar-refractivity contribution in [1.82, 2.24) is 10.3 Å². The van der Waals surface area contributed by atoms with Gasteiger partial charge in [0.1, 0.15) is 16.5 Å². The molecule has 2 rings (SSSR count). The lowest BCUT2D eigenvalue weighted by molar-refractivity contribution is -0.163. The molecular weight excluding hydrogens is 490 g/mol. The minimum Gasteiger partial charge on any atom is -0.459 e. The molecule has 0 saturated carbocycles. The van der Waals surface area contributed by atoms with E-state index in [-0.39, 0.29) is 11.8 Å². The molecule has 2 aromatic rings. The Morgan fingerprint density at radius 3 is 2.37 bits per heavy atom.